The van der Waals surface area contributed by atoms with Crippen molar-refractivity contribution in [3.8, 4) is 6.07 Å². The molecule has 2 heteroatoms. The van der Waals surface area contributed by atoms with Gasteiger partial charge in [-0.2, -0.15) is 5.26 Å². The van der Waals surface area contributed by atoms with E-state index in [4.69, 9.17) is 5.26 Å². The van der Waals surface area contributed by atoms with E-state index in [-0.39, 0.29) is 6.04 Å². The molecule has 1 saturated carbocycles. The molecule has 0 aromatic carbocycles. The SMILES string of the molecule is CNC(C#N)C1CCC(C)CC1. The molecule has 0 spiro atoms. The summed E-state index contributed by atoms with van der Waals surface area (Å²) in [6.45, 7) is 2.30. The molecule has 0 aromatic heterocycles. The van der Waals surface area contributed by atoms with Crippen LogP contribution in [0, 0.1) is 23.2 Å². The average molecular weight is 166 g/mol. The Labute approximate surface area is 75.0 Å². The van der Waals surface area contributed by atoms with Crippen LogP contribution in [0.25, 0.3) is 0 Å². The topological polar surface area (TPSA) is 35.8 Å². The zero-order chi connectivity index (χ0) is 8.97. The fourth-order valence-corrected chi connectivity index (χ4v) is 2.02. The predicted molar refractivity (Wildman–Crippen MR) is 49.6 cm³/mol. The fourth-order valence-electron chi connectivity index (χ4n) is 2.02. The third-order valence-electron chi connectivity index (χ3n) is 2.98. The first kappa shape index (κ1) is 9.54. The minimum atomic E-state index is 0.0810. The van der Waals surface area contributed by atoms with Crippen LogP contribution in [0.1, 0.15) is 32.6 Å². The Balaban J connectivity index is 2.39. The standard InChI is InChI=1S/C10H18N2/c1-8-3-5-9(6-4-8)10(7-11)12-2/h8-10,12H,3-6H2,1-2H3. The molecule has 12 heavy (non-hydrogen) atoms. The molecule has 1 N–H and O–H groups in total. The van der Waals surface area contributed by atoms with Crippen molar-refractivity contribution in [2.24, 2.45) is 11.8 Å². The molecular formula is C10H18N2. The maximum atomic E-state index is 8.83. The molecule has 1 atom stereocenters. The van der Waals surface area contributed by atoms with Crippen LogP contribution in [-0.4, -0.2) is 13.1 Å². The van der Waals surface area contributed by atoms with Crippen molar-refractivity contribution in [2.75, 3.05) is 7.05 Å². The summed E-state index contributed by atoms with van der Waals surface area (Å²) in [5.74, 6) is 1.47. The number of nitrogens with one attached hydrogen (secondary N) is 1. The van der Waals surface area contributed by atoms with E-state index in [1.165, 1.54) is 25.7 Å². The minimum Gasteiger partial charge on any atom is -0.305 e. The zero-order valence-corrected chi connectivity index (χ0v) is 8.01. The number of rotatable bonds is 2. The van der Waals surface area contributed by atoms with Crippen LogP contribution < -0.4 is 5.32 Å². The van der Waals surface area contributed by atoms with Gasteiger partial charge in [-0.05, 0) is 31.7 Å². The van der Waals surface area contributed by atoms with E-state index in [1.807, 2.05) is 7.05 Å². The lowest BCUT2D eigenvalue weighted by molar-refractivity contribution is 0.261. The van der Waals surface area contributed by atoms with Gasteiger partial charge in [0.25, 0.3) is 0 Å². The summed E-state index contributed by atoms with van der Waals surface area (Å²) < 4.78 is 0. The average Bonchev–Trinajstić information content (AvgIpc) is 2.10. The normalized spacial score (nSPS) is 32.4. The number of hydrogen-bond donors (Lipinski definition) is 1. The van der Waals surface area contributed by atoms with Gasteiger partial charge in [-0.3, -0.25) is 0 Å². The van der Waals surface area contributed by atoms with Gasteiger partial charge in [-0.15, -0.1) is 0 Å². The molecule has 1 unspecified atom stereocenters. The molecule has 1 rings (SSSR count). The molecule has 2 nitrogen and oxygen atoms in total. The monoisotopic (exact) mass is 166 g/mol. The quantitative estimate of drug-likeness (QED) is 0.680. The van der Waals surface area contributed by atoms with Crippen LogP contribution in [0.3, 0.4) is 0 Å². The Morgan fingerprint density at radius 2 is 1.92 bits per heavy atom. The molecule has 0 heterocycles. The van der Waals surface area contributed by atoms with E-state index in [1.54, 1.807) is 0 Å². The van der Waals surface area contributed by atoms with E-state index in [0.717, 1.165) is 5.92 Å². The van der Waals surface area contributed by atoms with Gasteiger partial charge in [-0.1, -0.05) is 19.8 Å². The third kappa shape index (κ3) is 2.22. The Kier molecular flexibility index (Phi) is 3.55. The second-order valence-electron chi connectivity index (χ2n) is 3.92. The van der Waals surface area contributed by atoms with Crippen LogP contribution in [-0.2, 0) is 0 Å². The maximum Gasteiger partial charge on any atom is 0.0979 e. The van der Waals surface area contributed by atoms with E-state index >= 15 is 0 Å². The molecule has 1 aliphatic carbocycles. The van der Waals surface area contributed by atoms with Crippen molar-refractivity contribution < 1.29 is 0 Å². The Morgan fingerprint density at radius 3 is 2.33 bits per heavy atom. The van der Waals surface area contributed by atoms with E-state index in [0.29, 0.717) is 5.92 Å². The first-order valence-corrected chi connectivity index (χ1v) is 4.84. The van der Waals surface area contributed by atoms with Crippen molar-refractivity contribution in [1.82, 2.24) is 5.32 Å². The number of hydrogen-bond acceptors (Lipinski definition) is 2. The lowest BCUT2D eigenvalue weighted by Crippen LogP contribution is -2.34. The lowest BCUT2D eigenvalue weighted by atomic mass is 9.79. The van der Waals surface area contributed by atoms with E-state index in [9.17, 15) is 0 Å². The van der Waals surface area contributed by atoms with Crippen molar-refractivity contribution in [3.63, 3.8) is 0 Å². The van der Waals surface area contributed by atoms with Gasteiger partial charge in [-0.25, -0.2) is 0 Å². The summed E-state index contributed by atoms with van der Waals surface area (Å²) in [4.78, 5) is 0. The molecule has 68 valence electrons. The summed E-state index contributed by atoms with van der Waals surface area (Å²) in [6, 6.07) is 2.41. The lowest BCUT2D eigenvalue weighted by Gasteiger charge is -2.28. The summed E-state index contributed by atoms with van der Waals surface area (Å²) >= 11 is 0. The van der Waals surface area contributed by atoms with Gasteiger partial charge in [0.2, 0.25) is 0 Å². The Hall–Kier alpha value is -0.550. The highest BCUT2D eigenvalue weighted by Crippen LogP contribution is 2.29. The summed E-state index contributed by atoms with van der Waals surface area (Å²) in [6.07, 6.45) is 5.04. The summed E-state index contributed by atoms with van der Waals surface area (Å²) in [7, 11) is 1.88. The smallest absolute Gasteiger partial charge is 0.0979 e. The predicted octanol–water partition coefficient (Wildman–Crippen LogP) is 1.92. The Bertz CT molecular complexity index is 163. The first-order valence-electron chi connectivity index (χ1n) is 4.84. The first-order chi connectivity index (χ1) is 5.77. The highest BCUT2D eigenvalue weighted by molar-refractivity contribution is 4.95. The van der Waals surface area contributed by atoms with Gasteiger partial charge >= 0.3 is 0 Å². The zero-order valence-electron chi connectivity index (χ0n) is 8.01. The second kappa shape index (κ2) is 4.47. The van der Waals surface area contributed by atoms with Gasteiger partial charge in [0, 0.05) is 0 Å². The molecule has 0 aliphatic heterocycles. The second-order valence-corrected chi connectivity index (χ2v) is 3.92. The maximum absolute atomic E-state index is 8.83. The van der Waals surface area contributed by atoms with Crippen LogP contribution in [0.5, 0.6) is 0 Å². The molecular weight excluding hydrogens is 148 g/mol. The van der Waals surface area contributed by atoms with Gasteiger partial charge < -0.3 is 5.32 Å². The molecule has 0 saturated heterocycles. The van der Waals surface area contributed by atoms with Crippen molar-refractivity contribution in [1.29, 1.82) is 5.26 Å². The Morgan fingerprint density at radius 1 is 1.33 bits per heavy atom. The molecule has 0 aromatic rings. The van der Waals surface area contributed by atoms with Gasteiger partial charge in [0.15, 0.2) is 0 Å². The molecule has 0 amide bonds. The fraction of sp³-hybridized carbons (Fsp3) is 0.900. The minimum absolute atomic E-state index is 0.0810. The van der Waals surface area contributed by atoms with Gasteiger partial charge in [0.1, 0.15) is 0 Å². The van der Waals surface area contributed by atoms with Crippen LogP contribution >= 0.6 is 0 Å². The molecule has 0 radical (unpaired) electrons. The number of nitrogens with zero attached hydrogens (tertiary/aromatic N) is 1. The number of nitriles is 1. The van der Waals surface area contributed by atoms with E-state index < -0.39 is 0 Å². The largest absolute Gasteiger partial charge is 0.305 e. The van der Waals surface area contributed by atoms with Crippen molar-refractivity contribution in [2.45, 2.75) is 38.6 Å². The van der Waals surface area contributed by atoms with Gasteiger partial charge in [0.05, 0.1) is 12.1 Å². The van der Waals surface area contributed by atoms with Crippen LogP contribution in [0.2, 0.25) is 0 Å². The summed E-state index contributed by atoms with van der Waals surface area (Å²) in [5, 5.41) is 11.9. The molecule has 0 bridgehead atoms. The van der Waals surface area contributed by atoms with Crippen molar-refractivity contribution >= 4 is 0 Å². The molecule has 1 aliphatic rings. The van der Waals surface area contributed by atoms with Crippen LogP contribution in [0.15, 0.2) is 0 Å². The molecule has 1 fully saturated rings. The van der Waals surface area contributed by atoms with Crippen molar-refractivity contribution in [3.05, 3.63) is 0 Å². The highest BCUT2D eigenvalue weighted by Gasteiger charge is 2.24. The third-order valence-corrected chi connectivity index (χ3v) is 2.98. The van der Waals surface area contributed by atoms with Crippen LogP contribution in [0.4, 0.5) is 0 Å². The highest BCUT2D eigenvalue weighted by atomic mass is 14.9. The van der Waals surface area contributed by atoms with E-state index in [2.05, 4.69) is 18.3 Å². The summed E-state index contributed by atoms with van der Waals surface area (Å²) in [5.41, 5.74) is 0.